The highest BCUT2D eigenvalue weighted by Crippen LogP contribution is 2.40. The number of hydrogen-bond donors (Lipinski definition) is 0. The molecule has 5 rings (SSSR count). The molecule has 0 saturated carbocycles. The lowest BCUT2D eigenvalue weighted by atomic mass is 9.97. The molecular weight excluding hydrogens is 561 g/mol. The van der Waals surface area contributed by atoms with E-state index in [1.165, 1.54) is 28.4 Å². The number of benzene rings is 1. The van der Waals surface area contributed by atoms with Crippen LogP contribution in [0.15, 0.2) is 35.8 Å². The van der Waals surface area contributed by atoms with Crippen LogP contribution in [0.5, 0.6) is 0 Å². The number of aromatic nitrogens is 4. The van der Waals surface area contributed by atoms with E-state index in [4.69, 9.17) is 23.2 Å². The van der Waals surface area contributed by atoms with E-state index in [0.29, 0.717) is 33.1 Å². The highest BCUT2D eigenvalue weighted by molar-refractivity contribution is 7.12. The predicted octanol–water partition coefficient (Wildman–Crippen LogP) is 6.94. The lowest BCUT2D eigenvalue weighted by Crippen LogP contribution is -2.38. The number of halogens is 6. The molecule has 1 amide bonds. The summed E-state index contributed by atoms with van der Waals surface area (Å²) in [4.78, 5) is 19.8. The van der Waals surface area contributed by atoms with Crippen molar-refractivity contribution in [2.45, 2.75) is 24.9 Å². The molecule has 0 radical (unpaired) electrons. The molecule has 0 N–H and O–H groups in total. The van der Waals surface area contributed by atoms with Gasteiger partial charge in [-0.05, 0) is 48.6 Å². The van der Waals surface area contributed by atoms with Crippen LogP contribution in [0.2, 0.25) is 10.2 Å². The lowest BCUT2D eigenvalue weighted by molar-refractivity contribution is -0.143. The van der Waals surface area contributed by atoms with Crippen LogP contribution in [0.1, 0.15) is 39.8 Å². The van der Waals surface area contributed by atoms with Crippen LogP contribution in [0, 0.1) is 5.82 Å². The lowest BCUT2D eigenvalue weighted by Gasteiger charge is -2.31. The Balaban J connectivity index is 1.32. The largest absolute Gasteiger partial charge is 0.434 e. The molecule has 4 heterocycles. The number of carbonyl (C=O) groups excluding carboxylic acids is 1. The van der Waals surface area contributed by atoms with Crippen molar-refractivity contribution in [2.24, 2.45) is 0 Å². The monoisotopic (exact) mass is 575 g/mol. The molecule has 36 heavy (non-hydrogen) atoms. The highest BCUT2D eigenvalue weighted by Gasteiger charge is 2.42. The second-order valence-electron chi connectivity index (χ2n) is 8.05. The average Bonchev–Trinajstić information content (AvgIpc) is 3.58. The smallest absolute Gasteiger partial charge is 0.338 e. The number of likely N-dealkylation sites (tertiary alicyclic amines) is 1. The van der Waals surface area contributed by atoms with E-state index in [1.807, 2.05) is 5.38 Å². The van der Waals surface area contributed by atoms with Gasteiger partial charge in [-0.25, -0.2) is 14.1 Å². The number of nitrogens with zero attached hydrogens (tertiary/aromatic N) is 5. The Morgan fingerprint density at radius 2 is 1.81 bits per heavy atom. The van der Waals surface area contributed by atoms with Gasteiger partial charge >= 0.3 is 6.18 Å². The molecule has 1 aliphatic heterocycles. The molecule has 14 heteroatoms. The van der Waals surface area contributed by atoms with Crippen molar-refractivity contribution in [1.29, 1.82) is 0 Å². The Hall–Kier alpha value is -2.54. The van der Waals surface area contributed by atoms with Gasteiger partial charge in [0, 0.05) is 24.4 Å². The maximum Gasteiger partial charge on any atom is 0.434 e. The molecule has 1 aliphatic rings. The van der Waals surface area contributed by atoms with Crippen LogP contribution in [-0.2, 0) is 6.18 Å². The highest BCUT2D eigenvalue weighted by atomic mass is 35.5. The number of rotatable bonds is 4. The third-order valence-electron chi connectivity index (χ3n) is 5.82. The van der Waals surface area contributed by atoms with Gasteiger partial charge in [-0.15, -0.1) is 11.3 Å². The molecule has 0 unspecified atom stereocenters. The van der Waals surface area contributed by atoms with Crippen molar-refractivity contribution < 1.29 is 22.4 Å². The maximum absolute atomic E-state index is 14.0. The van der Waals surface area contributed by atoms with Crippen LogP contribution >= 0.6 is 46.1 Å². The van der Waals surface area contributed by atoms with E-state index >= 15 is 0 Å². The van der Waals surface area contributed by atoms with Crippen LogP contribution in [0.25, 0.3) is 16.3 Å². The van der Waals surface area contributed by atoms with Gasteiger partial charge in [0.05, 0.1) is 38.0 Å². The Labute approximate surface area is 220 Å². The Kier molecular flexibility index (Phi) is 6.79. The molecule has 0 atom stereocenters. The summed E-state index contributed by atoms with van der Waals surface area (Å²) in [6, 6.07) is 4.41. The summed E-state index contributed by atoms with van der Waals surface area (Å²) >= 11 is 14.7. The number of thiazole rings is 1. The minimum absolute atomic E-state index is 0.00314. The zero-order valence-electron chi connectivity index (χ0n) is 18.1. The van der Waals surface area contributed by atoms with Gasteiger partial charge in [-0.2, -0.15) is 22.6 Å². The third kappa shape index (κ3) is 4.74. The Morgan fingerprint density at radius 3 is 2.42 bits per heavy atom. The molecule has 1 fully saturated rings. The van der Waals surface area contributed by atoms with Crippen molar-refractivity contribution in [3.63, 3.8) is 0 Å². The summed E-state index contributed by atoms with van der Waals surface area (Å²) in [7, 11) is 0. The van der Waals surface area contributed by atoms with Crippen LogP contribution in [0.4, 0.5) is 17.6 Å². The Morgan fingerprint density at radius 1 is 1.11 bits per heavy atom. The number of carbonyl (C=O) groups is 1. The quantitative estimate of drug-likeness (QED) is 0.247. The molecule has 1 saturated heterocycles. The van der Waals surface area contributed by atoms with E-state index in [0.717, 1.165) is 34.9 Å². The average molecular weight is 576 g/mol. The fraction of sp³-hybridized carbons (Fsp3) is 0.273. The van der Waals surface area contributed by atoms with Gasteiger partial charge in [0.15, 0.2) is 10.8 Å². The molecule has 188 valence electrons. The fourth-order valence-corrected chi connectivity index (χ4v) is 6.29. The minimum atomic E-state index is -4.84. The second kappa shape index (κ2) is 9.73. The number of hydrogen-bond acceptors (Lipinski definition) is 6. The van der Waals surface area contributed by atoms with Gasteiger partial charge in [0.2, 0.25) is 0 Å². The molecule has 0 spiro atoms. The predicted molar refractivity (Wildman–Crippen MR) is 130 cm³/mol. The van der Waals surface area contributed by atoms with E-state index in [1.54, 1.807) is 0 Å². The Bertz CT molecular complexity index is 1410. The topological polar surface area (TPSA) is 63.9 Å². The van der Waals surface area contributed by atoms with Crippen LogP contribution < -0.4 is 0 Å². The summed E-state index contributed by atoms with van der Waals surface area (Å²) in [6.07, 6.45) is -2.84. The zero-order chi connectivity index (χ0) is 25.6. The van der Waals surface area contributed by atoms with Gasteiger partial charge in [0.1, 0.15) is 5.82 Å². The summed E-state index contributed by atoms with van der Waals surface area (Å²) < 4.78 is 59.7. The van der Waals surface area contributed by atoms with Crippen molar-refractivity contribution in [3.05, 3.63) is 68.1 Å². The normalized spacial score (nSPS) is 15.0. The van der Waals surface area contributed by atoms with Crippen molar-refractivity contribution in [2.75, 3.05) is 13.1 Å². The molecule has 0 bridgehead atoms. The van der Waals surface area contributed by atoms with Gasteiger partial charge in [0.25, 0.3) is 5.91 Å². The number of amides is 1. The maximum atomic E-state index is 14.0. The van der Waals surface area contributed by atoms with Gasteiger partial charge < -0.3 is 4.90 Å². The first-order chi connectivity index (χ1) is 17.1. The molecule has 3 aromatic heterocycles. The van der Waals surface area contributed by atoms with E-state index in [9.17, 15) is 22.4 Å². The number of piperidine rings is 1. The fourth-order valence-electron chi connectivity index (χ4n) is 4.05. The van der Waals surface area contributed by atoms with Crippen molar-refractivity contribution in [1.82, 2.24) is 24.0 Å². The standard InChI is InChI=1S/C22H15Cl2F4N5OS2/c23-16-17(36-31-19(16)24)15-10-35-20(30-15)11-5-7-32(8-6-11)21(34)14-9-29-33(18(14)22(26,27)28)13-3-1-12(25)2-4-13/h1-4,9-11H,5-8H2. The van der Waals surface area contributed by atoms with Gasteiger partial charge in [-0.1, -0.05) is 23.2 Å². The van der Waals surface area contributed by atoms with E-state index in [-0.39, 0.29) is 29.8 Å². The van der Waals surface area contributed by atoms with E-state index in [2.05, 4.69) is 14.5 Å². The minimum Gasteiger partial charge on any atom is -0.338 e. The molecule has 0 aliphatic carbocycles. The second-order valence-corrected chi connectivity index (χ2v) is 10.4. The third-order valence-corrected chi connectivity index (χ3v) is 8.65. The summed E-state index contributed by atoms with van der Waals surface area (Å²) in [5.41, 5.74) is -1.06. The molecule has 6 nitrogen and oxygen atoms in total. The first kappa shape index (κ1) is 25.1. The van der Waals surface area contributed by atoms with Crippen molar-refractivity contribution in [3.8, 4) is 16.3 Å². The first-order valence-electron chi connectivity index (χ1n) is 10.6. The van der Waals surface area contributed by atoms with Crippen LogP contribution in [0.3, 0.4) is 0 Å². The SMILES string of the molecule is O=C(c1cnn(-c2ccc(F)cc2)c1C(F)(F)F)N1CCC(c2nc(-c3snc(Cl)c3Cl)cs2)CC1. The zero-order valence-corrected chi connectivity index (χ0v) is 21.2. The number of alkyl halides is 3. The van der Waals surface area contributed by atoms with Crippen LogP contribution in [-0.4, -0.2) is 43.0 Å². The molecule has 4 aromatic rings. The van der Waals surface area contributed by atoms with Crippen molar-refractivity contribution >= 4 is 52.0 Å². The molecule has 1 aromatic carbocycles. The summed E-state index contributed by atoms with van der Waals surface area (Å²) in [5.74, 6) is -1.29. The van der Waals surface area contributed by atoms with E-state index < -0.39 is 29.2 Å². The first-order valence-corrected chi connectivity index (χ1v) is 13.0. The molecular formula is C22H15Cl2F4N5OS2. The van der Waals surface area contributed by atoms with Gasteiger partial charge in [-0.3, -0.25) is 4.79 Å². The summed E-state index contributed by atoms with van der Waals surface area (Å²) in [5, 5.41) is 7.09. The summed E-state index contributed by atoms with van der Waals surface area (Å²) in [6.45, 7) is 0.537.